The summed E-state index contributed by atoms with van der Waals surface area (Å²) in [7, 11) is 0. The predicted molar refractivity (Wildman–Crippen MR) is 128 cm³/mol. The molecule has 4 rings (SSSR count). The number of thiol groups is 1. The average molecular weight is 472 g/mol. The molecule has 0 bridgehead atoms. The SMILES string of the molecule is Cc1cc(COc2c(Cl)cc(C(S)c3ccc4ccccc4c3)cc2Cl)n(O)c(=O)c1. The van der Waals surface area contributed by atoms with Crippen molar-refractivity contribution in [2.24, 2.45) is 0 Å². The fraction of sp³-hybridized carbons (Fsp3) is 0.125. The molecule has 7 heteroatoms. The lowest BCUT2D eigenvalue weighted by Crippen LogP contribution is -2.22. The molecule has 4 nitrogen and oxygen atoms in total. The molecular weight excluding hydrogens is 453 g/mol. The Bertz CT molecular complexity index is 1310. The number of aryl methyl sites for hydroxylation is 1. The molecule has 3 aromatic carbocycles. The molecule has 0 amide bonds. The van der Waals surface area contributed by atoms with Crippen LogP contribution in [0, 0.1) is 6.92 Å². The largest absolute Gasteiger partial charge is 0.484 e. The summed E-state index contributed by atoms with van der Waals surface area (Å²) in [4.78, 5) is 11.7. The summed E-state index contributed by atoms with van der Waals surface area (Å²) >= 11 is 17.7. The van der Waals surface area contributed by atoms with E-state index in [1.807, 2.05) is 18.2 Å². The van der Waals surface area contributed by atoms with E-state index in [-0.39, 0.29) is 17.6 Å². The van der Waals surface area contributed by atoms with Gasteiger partial charge in [0.1, 0.15) is 6.61 Å². The molecule has 4 aromatic rings. The molecule has 1 atom stereocenters. The number of fused-ring (bicyclic) bond motifs is 1. The van der Waals surface area contributed by atoms with E-state index in [9.17, 15) is 10.0 Å². The van der Waals surface area contributed by atoms with Crippen molar-refractivity contribution < 1.29 is 9.94 Å². The Morgan fingerprint density at radius 1 is 0.968 bits per heavy atom. The highest BCUT2D eigenvalue weighted by atomic mass is 35.5. The van der Waals surface area contributed by atoms with Crippen molar-refractivity contribution in [2.75, 3.05) is 0 Å². The zero-order valence-electron chi connectivity index (χ0n) is 16.5. The highest BCUT2D eigenvalue weighted by molar-refractivity contribution is 7.80. The Morgan fingerprint density at radius 3 is 2.35 bits per heavy atom. The van der Waals surface area contributed by atoms with Gasteiger partial charge in [0.15, 0.2) is 5.75 Å². The van der Waals surface area contributed by atoms with Gasteiger partial charge in [0, 0.05) is 6.07 Å². The monoisotopic (exact) mass is 471 g/mol. The third-order valence-corrected chi connectivity index (χ3v) is 6.17. The molecule has 1 N–H and O–H groups in total. The molecule has 0 fully saturated rings. The first-order chi connectivity index (χ1) is 14.8. The summed E-state index contributed by atoms with van der Waals surface area (Å²) in [6.07, 6.45) is 0. The molecule has 1 aromatic heterocycles. The molecule has 0 aliphatic carbocycles. The van der Waals surface area contributed by atoms with E-state index >= 15 is 0 Å². The van der Waals surface area contributed by atoms with Crippen LogP contribution in [0.25, 0.3) is 10.8 Å². The molecule has 0 saturated heterocycles. The molecule has 158 valence electrons. The van der Waals surface area contributed by atoms with Crippen LogP contribution in [0.5, 0.6) is 5.75 Å². The summed E-state index contributed by atoms with van der Waals surface area (Å²) in [5, 5.41) is 12.6. The first kappa shape index (κ1) is 21.6. The van der Waals surface area contributed by atoms with Crippen molar-refractivity contribution in [2.45, 2.75) is 18.8 Å². The van der Waals surface area contributed by atoms with E-state index in [4.69, 9.17) is 40.6 Å². The highest BCUT2D eigenvalue weighted by Gasteiger charge is 2.17. The standard InChI is InChI=1S/C24H19Cl2NO3S/c1-14-8-19(27(29)22(28)9-14)13-30-23-20(25)11-18(12-21(23)26)24(31)17-7-6-15-4-2-3-5-16(15)10-17/h2-12,24,29,31H,13H2,1H3. The average Bonchev–Trinajstić information content (AvgIpc) is 2.75. The molecule has 0 radical (unpaired) electrons. The van der Waals surface area contributed by atoms with Gasteiger partial charge < -0.3 is 9.94 Å². The second kappa shape index (κ2) is 8.87. The van der Waals surface area contributed by atoms with Crippen LogP contribution in [0.3, 0.4) is 0 Å². The van der Waals surface area contributed by atoms with Crippen molar-refractivity contribution in [3.8, 4) is 5.75 Å². The molecular formula is C24H19Cl2NO3S. The predicted octanol–water partition coefficient (Wildman–Crippen LogP) is 6.45. The summed E-state index contributed by atoms with van der Waals surface area (Å²) in [6.45, 7) is 1.69. The zero-order chi connectivity index (χ0) is 22.1. The lowest BCUT2D eigenvalue weighted by molar-refractivity contribution is 0.147. The highest BCUT2D eigenvalue weighted by Crippen LogP contribution is 2.39. The maximum atomic E-state index is 11.7. The molecule has 1 heterocycles. The minimum atomic E-state index is -0.528. The van der Waals surface area contributed by atoms with E-state index < -0.39 is 5.56 Å². The van der Waals surface area contributed by atoms with Crippen LogP contribution in [0.2, 0.25) is 10.0 Å². The quantitative estimate of drug-likeness (QED) is 0.259. The van der Waals surface area contributed by atoms with Gasteiger partial charge in [0.25, 0.3) is 5.56 Å². The lowest BCUT2D eigenvalue weighted by Gasteiger charge is -2.17. The Morgan fingerprint density at radius 2 is 1.65 bits per heavy atom. The van der Waals surface area contributed by atoms with Gasteiger partial charge in [-0.25, -0.2) is 0 Å². The number of nitrogens with zero attached hydrogens (tertiary/aromatic N) is 1. The van der Waals surface area contributed by atoms with Gasteiger partial charge >= 0.3 is 0 Å². The lowest BCUT2D eigenvalue weighted by atomic mass is 10.0. The van der Waals surface area contributed by atoms with Crippen molar-refractivity contribution in [1.29, 1.82) is 0 Å². The van der Waals surface area contributed by atoms with Crippen LogP contribution in [0.4, 0.5) is 0 Å². The van der Waals surface area contributed by atoms with Crippen molar-refractivity contribution in [3.63, 3.8) is 0 Å². The Kier molecular flexibility index (Phi) is 6.19. The number of pyridine rings is 1. The minimum Gasteiger partial charge on any atom is -0.484 e. The Hall–Kier alpha value is -2.60. The molecule has 0 aliphatic heterocycles. The van der Waals surface area contributed by atoms with Crippen LogP contribution < -0.4 is 10.3 Å². The first-order valence-electron chi connectivity index (χ1n) is 9.54. The van der Waals surface area contributed by atoms with Crippen LogP contribution in [0.1, 0.15) is 27.6 Å². The topological polar surface area (TPSA) is 51.5 Å². The summed E-state index contributed by atoms with van der Waals surface area (Å²) in [5.41, 5.74) is 2.33. The number of aromatic nitrogens is 1. The number of hydrogen-bond acceptors (Lipinski definition) is 4. The van der Waals surface area contributed by atoms with E-state index in [2.05, 4.69) is 24.3 Å². The van der Waals surface area contributed by atoms with Gasteiger partial charge in [-0.05, 0) is 58.7 Å². The Labute approximate surface area is 195 Å². The van der Waals surface area contributed by atoms with Gasteiger partial charge in [-0.2, -0.15) is 12.6 Å². The third-order valence-electron chi connectivity index (χ3n) is 5.02. The van der Waals surface area contributed by atoms with Gasteiger partial charge in [-0.15, -0.1) is 4.73 Å². The maximum Gasteiger partial charge on any atom is 0.283 e. The van der Waals surface area contributed by atoms with E-state index in [1.54, 1.807) is 25.1 Å². The third kappa shape index (κ3) is 4.54. The summed E-state index contributed by atoms with van der Waals surface area (Å²) in [5.74, 6) is 0.278. The smallest absolute Gasteiger partial charge is 0.283 e. The van der Waals surface area contributed by atoms with E-state index in [0.29, 0.717) is 20.5 Å². The summed E-state index contributed by atoms with van der Waals surface area (Å²) < 4.78 is 6.28. The van der Waals surface area contributed by atoms with Crippen molar-refractivity contribution >= 4 is 46.6 Å². The first-order valence-corrected chi connectivity index (χ1v) is 10.8. The van der Waals surface area contributed by atoms with Gasteiger partial charge in [0.05, 0.1) is 21.0 Å². The second-order valence-electron chi connectivity index (χ2n) is 7.29. The van der Waals surface area contributed by atoms with Gasteiger partial charge in [0.2, 0.25) is 0 Å². The van der Waals surface area contributed by atoms with Crippen LogP contribution in [-0.4, -0.2) is 9.94 Å². The van der Waals surface area contributed by atoms with E-state index in [0.717, 1.165) is 27.5 Å². The number of ether oxygens (including phenoxy) is 1. The number of rotatable bonds is 5. The number of benzene rings is 3. The molecule has 0 saturated carbocycles. The Balaban J connectivity index is 1.60. The fourth-order valence-electron chi connectivity index (χ4n) is 3.46. The van der Waals surface area contributed by atoms with Gasteiger partial charge in [-0.1, -0.05) is 59.6 Å². The minimum absolute atomic E-state index is 0.0683. The van der Waals surface area contributed by atoms with Crippen molar-refractivity contribution in [3.05, 3.63) is 110 Å². The normalized spacial score (nSPS) is 12.1. The maximum absolute atomic E-state index is 11.7. The van der Waals surface area contributed by atoms with Gasteiger partial charge in [-0.3, -0.25) is 4.79 Å². The number of halogens is 2. The second-order valence-corrected chi connectivity index (χ2v) is 8.62. The van der Waals surface area contributed by atoms with Crippen molar-refractivity contribution in [1.82, 2.24) is 4.73 Å². The van der Waals surface area contributed by atoms with E-state index in [1.165, 1.54) is 6.07 Å². The van der Waals surface area contributed by atoms with Crippen LogP contribution in [0.15, 0.2) is 71.5 Å². The molecule has 1 unspecified atom stereocenters. The number of hydrogen-bond donors (Lipinski definition) is 2. The summed E-state index contributed by atoms with van der Waals surface area (Å²) in [6, 6.07) is 20.8. The zero-order valence-corrected chi connectivity index (χ0v) is 19.0. The molecule has 0 spiro atoms. The molecule has 0 aliphatic rings. The molecule has 31 heavy (non-hydrogen) atoms. The van der Waals surface area contributed by atoms with Crippen LogP contribution in [-0.2, 0) is 6.61 Å². The fourth-order valence-corrected chi connectivity index (χ4v) is 4.38. The van der Waals surface area contributed by atoms with Crippen LogP contribution >= 0.6 is 35.8 Å².